The predicted octanol–water partition coefficient (Wildman–Crippen LogP) is 5.13. The van der Waals surface area contributed by atoms with Gasteiger partial charge in [0.05, 0.1) is 22.3 Å². The minimum atomic E-state index is -4.47. The van der Waals surface area contributed by atoms with E-state index in [1.165, 1.54) is 23.5 Å². The van der Waals surface area contributed by atoms with Gasteiger partial charge in [-0.2, -0.15) is 18.3 Å². The Labute approximate surface area is 199 Å². The quantitative estimate of drug-likeness (QED) is 0.382. The van der Waals surface area contributed by atoms with Crippen LogP contribution in [0.4, 0.5) is 13.2 Å². The molecule has 2 aromatic heterocycles. The molecule has 0 saturated heterocycles. The maximum absolute atomic E-state index is 13.3. The number of rotatable bonds is 7. The van der Waals surface area contributed by atoms with E-state index in [1.807, 2.05) is 42.8 Å². The second-order valence-corrected chi connectivity index (χ2v) is 8.77. The van der Waals surface area contributed by atoms with Gasteiger partial charge in [0, 0.05) is 36.1 Å². The monoisotopic (exact) mass is 484 g/mol. The molecule has 2 heterocycles. The average Bonchev–Trinajstić information content (AvgIpc) is 3.45. The first kappa shape index (κ1) is 23.7. The molecule has 0 bridgehead atoms. The highest BCUT2D eigenvalue weighted by atomic mass is 32.1. The van der Waals surface area contributed by atoms with Gasteiger partial charge in [0.15, 0.2) is 0 Å². The van der Waals surface area contributed by atoms with Crippen molar-refractivity contribution in [2.24, 2.45) is 12.8 Å². The molecule has 4 rings (SSSR count). The molecular weight excluding hydrogens is 461 g/mol. The molecule has 0 aliphatic carbocycles. The summed E-state index contributed by atoms with van der Waals surface area (Å²) < 4.78 is 41.7. The number of nitrogens with one attached hydrogen (secondary N) is 1. The zero-order valence-electron chi connectivity index (χ0n) is 18.3. The molecule has 3 N–H and O–H groups in total. The van der Waals surface area contributed by atoms with Crippen molar-refractivity contribution in [3.05, 3.63) is 88.2 Å². The van der Waals surface area contributed by atoms with Crippen LogP contribution >= 0.6 is 11.3 Å². The summed E-state index contributed by atoms with van der Waals surface area (Å²) in [7, 11) is 1.84. The van der Waals surface area contributed by atoms with Gasteiger partial charge in [-0.3, -0.25) is 9.48 Å². The summed E-state index contributed by atoms with van der Waals surface area (Å²) >= 11 is 1.26. The van der Waals surface area contributed by atoms with Crippen molar-refractivity contribution >= 4 is 17.2 Å². The van der Waals surface area contributed by atoms with Crippen molar-refractivity contribution in [1.29, 1.82) is 0 Å². The Kier molecular flexibility index (Phi) is 6.85. The molecule has 0 spiro atoms. The number of nitrogens with two attached hydrogens (primary N) is 1. The molecule has 2 aromatic carbocycles. The lowest BCUT2D eigenvalue weighted by Crippen LogP contribution is -2.41. The van der Waals surface area contributed by atoms with E-state index >= 15 is 0 Å². The summed E-state index contributed by atoms with van der Waals surface area (Å²) in [6.07, 6.45) is -2.71. The number of amides is 1. The lowest BCUT2D eigenvalue weighted by molar-refractivity contribution is -0.138. The molecule has 34 heavy (non-hydrogen) atoms. The van der Waals surface area contributed by atoms with E-state index in [4.69, 9.17) is 5.73 Å². The molecule has 0 aliphatic rings. The van der Waals surface area contributed by atoms with Crippen LogP contribution in [0.3, 0.4) is 0 Å². The van der Waals surface area contributed by atoms with Crippen LogP contribution in [0.25, 0.3) is 22.4 Å². The summed E-state index contributed by atoms with van der Waals surface area (Å²) in [5.41, 5.74) is 8.82. The van der Waals surface area contributed by atoms with E-state index in [0.717, 1.165) is 28.5 Å². The average molecular weight is 485 g/mol. The summed E-state index contributed by atoms with van der Waals surface area (Å²) in [5, 5.41) is 9.03. The molecule has 9 heteroatoms. The van der Waals surface area contributed by atoms with Crippen molar-refractivity contribution in [3.63, 3.8) is 0 Å². The van der Waals surface area contributed by atoms with Gasteiger partial charge in [-0.25, -0.2) is 0 Å². The molecule has 1 amide bonds. The third-order valence-corrected chi connectivity index (χ3v) is 6.46. The molecule has 1 atom stereocenters. The third kappa shape index (κ3) is 5.05. The van der Waals surface area contributed by atoms with Crippen molar-refractivity contribution in [1.82, 2.24) is 15.1 Å². The molecule has 0 saturated carbocycles. The summed E-state index contributed by atoms with van der Waals surface area (Å²) in [5.74, 6) is -0.375. The van der Waals surface area contributed by atoms with Crippen LogP contribution in [0.15, 0.2) is 72.2 Å². The standard InChI is InChI=1S/C25H23F3N4OS/c1-32-23(20(14-30-32)16-7-3-2-4-8-16)18-12-22(34-15-18)24(33)31-19(13-29)11-17-9-5-6-10-21(17)25(26,27)28/h2-10,12,14-15,19H,11,13,29H2,1H3,(H,31,33)/t19-/m0/s1. The summed E-state index contributed by atoms with van der Waals surface area (Å²) in [6.45, 7) is 0.00997. The van der Waals surface area contributed by atoms with Crippen molar-refractivity contribution in [2.75, 3.05) is 6.54 Å². The molecule has 0 radical (unpaired) electrons. The first-order valence-electron chi connectivity index (χ1n) is 10.6. The van der Waals surface area contributed by atoms with Crippen LogP contribution < -0.4 is 11.1 Å². The highest BCUT2D eigenvalue weighted by Crippen LogP contribution is 2.34. The highest BCUT2D eigenvalue weighted by molar-refractivity contribution is 7.12. The van der Waals surface area contributed by atoms with E-state index in [2.05, 4.69) is 10.4 Å². The van der Waals surface area contributed by atoms with E-state index in [0.29, 0.717) is 4.88 Å². The fourth-order valence-electron chi connectivity index (χ4n) is 3.88. The zero-order chi connectivity index (χ0) is 24.3. The van der Waals surface area contributed by atoms with E-state index in [1.54, 1.807) is 23.0 Å². The molecule has 4 aromatic rings. The molecule has 0 unspecified atom stereocenters. The molecule has 176 valence electrons. The maximum atomic E-state index is 13.3. The van der Waals surface area contributed by atoms with Crippen LogP contribution in [0.2, 0.25) is 0 Å². The van der Waals surface area contributed by atoms with Gasteiger partial charge < -0.3 is 11.1 Å². The zero-order valence-corrected chi connectivity index (χ0v) is 19.2. The smallest absolute Gasteiger partial charge is 0.347 e. The van der Waals surface area contributed by atoms with E-state index < -0.39 is 17.8 Å². The SMILES string of the molecule is Cn1ncc(-c2ccccc2)c1-c1csc(C(=O)N[C@H](CN)Cc2ccccc2C(F)(F)F)c1. The van der Waals surface area contributed by atoms with Crippen LogP contribution in [-0.4, -0.2) is 28.3 Å². The normalized spacial score (nSPS) is 12.5. The third-order valence-electron chi connectivity index (χ3n) is 5.53. The summed E-state index contributed by atoms with van der Waals surface area (Å²) in [6, 6.07) is 16.3. The molecular formula is C25H23F3N4OS. The van der Waals surface area contributed by atoms with Crippen LogP contribution in [0, 0.1) is 0 Å². The second-order valence-electron chi connectivity index (χ2n) is 7.86. The maximum Gasteiger partial charge on any atom is 0.416 e. The second kappa shape index (κ2) is 9.82. The number of benzene rings is 2. The molecule has 0 aliphatic heterocycles. The number of carbonyl (C=O) groups excluding carboxylic acids is 1. The number of carbonyl (C=O) groups is 1. The van der Waals surface area contributed by atoms with Crippen LogP contribution in [0.5, 0.6) is 0 Å². The van der Waals surface area contributed by atoms with Gasteiger partial charge in [0.2, 0.25) is 0 Å². The topological polar surface area (TPSA) is 72.9 Å². The number of thiophene rings is 1. The fraction of sp³-hybridized carbons (Fsp3) is 0.200. The Hall–Kier alpha value is -3.43. The van der Waals surface area contributed by atoms with Crippen molar-refractivity contribution in [3.8, 4) is 22.4 Å². The van der Waals surface area contributed by atoms with Crippen molar-refractivity contribution < 1.29 is 18.0 Å². The minimum Gasteiger partial charge on any atom is -0.347 e. The largest absolute Gasteiger partial charge is 0.416 e. The molecule has 0 fully saturated rings. The number of hydrogen-bond acceptors (Lipinski definition) is 4. The van der Waals surface area contributed by atoms with Gasteiger partial charge in [-0.15, -0.1) is 11.3 Å². The first-order chi connectivity index (χ1) is 16.3. The number of halogens is 3. The van der Waals surface area contributed by atoms with Gasteiger partial charge in [0.1, 0.15) is 0 Å². The van der Waals surface area contributed by atoms with E-state index in [-0.39, 0.29) is 24.4 Å². The molecule has 5 nitrogen and oxygen atoms in total. The number of hydrogen-bond donors (Lipinski definition) is 2. The van der Waals surface area contributed by atoms with Gasteiger partial charge in [-0.1, -0.05) is 48.5 Å². The first-order valence-corrected chi connectivity index (χ1v) is 11.5. The number of aromatic nitrogens is 2. The van der Waals surface area contributed by atoms with Gasteiger partial charge in [0.25, 0.3) is 5.91 Å². The van der Waals surface area contributed by atoms with E-state index in [9.17, 15) is 18.0 Å². The Balaban J connectivity index is 1.53. The van der Waals surface area contributed by atoms with Crippen LogP contribution in [-0.2, 0) is 19.6 Å². The predicted molar refractivity (Wildman–Crippen MR) is 127 cm³/mol. The minimum absolute atomic E-state index is 0.00997. The fourth-order valence-corrected chi connectivity index (χ4v) is 4.67. The lowest BCUT2D eigenvalue weighted by Gasteiger charge is -2.19. The van der Waals surface area contributed by atoms with Gasteiger partial charge >= 0.3 is 6.18 Å². The van der Waals surface area contributed by atoms with Gasteiger partial charge in [-0.05, 0) is 29.7 Å². The number of aryl methyl sites for hydroxylation is 1. The Morgan fingerprint density at radius 2 is 1.82 bits per heavy atom. The summed E-state index contributed by atoms with van der Waals surface area (Å²) in [4.78, 5) is 13.4. The van der Waals surface area contributed by atoms with Crippen LogP contribution in [0.1, 0.15) is 20.8 Å². The number of alkyl halides is 3. The number of nitrogens with zero attached hydrogens (tertiary/aromatic N) is 2. The lowest BCUT2D eigenvalue weighted by atomic mass is 9.99. The Morgan fingerprint density at radius 3 is 2.53 bits per heavy atom. The Bertz CT molecular complexity index is 1280. The van der Waals surface area contributed by atoms with Crippen molar-refractivity contribution in [2.45, 2.75) is 18.6 Å². The Morgan fingerprint density at radius 1 is 1.12 bits per heavy atom. The highest BCUT2D eigenvalue weighted by Gasteiger charge is 2.33.